The van der Waals surface area contributed by atoms with Gasteiger partial charge in [-0.25, -0.2) is 0 Å². The standard InChI is InChI=1S/C16H23Cl2NO2/c1-4-13(5-2)19(8-9-21-3)11-16(20)12-6-7-14(17)15(18)10-12/h6-7,10,13H,4-5,8-9,11H2,1-3H3. The topological polar surface area (TPSA) is 29.5 Å². The van der Waals surface area contributed by atoms with Crippen LogP contribution in [0.15, 0.2) is 18.2 Å². The molecule has 0 aliphatic rings. The average Bonchev–Trinajstić information content (AvgIpc) is 2.48. The van der Waals surface area contributed by atoms with Gasteiger partial charge in [-0.3, -0.25) is 9.69 Å². The molecule has 0 bridgehead atoms. The Morgan fingerprint density at radius 3 is 2.43 bits per heavy atom. The Morgan fingerprint density at radius 1 is 1.24 bits per heavy atom. The number of hydrogen-bond acceptors (Lipinski definition) is 3. The second kappa shape index (κ2) is 9.42. The van der Waals surface area contributed by atoms with Crippen LogP contribution in [0, 0.1) is 0 Å². The van der Waals surface area contributed by atoms with Crippen LogP contribution in [0.25, 0.3) is 0 Å². The van der Waals surface area contributed by atoms with Crippen molar-refractivity contribution < 1.29 is 9.53 Å². The lowest BCUT2D eigenvalue weighted by Crippen LogP contribution is -2.40. The van der Waals surface area contributed by atoms with Crippen LogP contribution in [0.2, 0.25) is 10.0 Å². The largest absolute Gasteiger partial charge is 0.383 e. The number of Topliss-reactive ketones (excluding diaryl/α,β-unsaturated/α-hetero) is 1. The lowest BCUT2D eigenvalue weighted by molar-refractivity contribution is 0.0811. The summed E-state index contributed by atoms with van der Waals surface area (Å²) in [5.41, 5.74) is 0.595. The van der Waals surface area contributed by atoms with Crippen molar-refractivity contribution in [3.63, 3.8) is 0 Å². The van der Waals surface area contributed by atoms with E-state index < -0.39 is 0 Å². The molecule has 0 saturated carbocycles. The van der Waals surface area contributed by atoms with E-state index in [4.69, 9.17) is 27.9 Å². The highest BCUT2D eigenvalue weighted by Crippen LogP contribution is 2.23. The van der Waals surface area contributed by atoms with E-state index in [0.29, 0.717) is 34.8 Å². The summed E-state index contributed by atoms with van der Waals surface area (Å²) < 4.78 is 5.14. The minimum absolute atomic E-state index is 0.0524. The van der Waals surface area contributed by atoms with Crippen LogP contribution in [-0.4, -0.2) is 43.5 Å². The molecule has 0 saturated heterocycles. The summed E-state index contributed by atoms with van der Waals surface area (Å²) in [4.78, 5) is 14.6. The summed E-state index contributed by atoms with van der Waals surface area (Å²) in [5, 5.41) is 0.873. The van der Waals surface area contributed by atoms with Crippen molar-refractivity contribution >= 4 is 29.0 Å². The number of halogens is 2. The number of rotatable bonds is 9. The molecular weight excluding hydrogens is 309 g/mol. The van der Waals surface area contributed by atoms with E-state index in [2.05, 4.69) is 18.7 Å². The Kier molecular flexibility index (Phi) is 8.27. The van der Waals surface area contributed by atoms with E-state index in [1.165, 1.54) is 0 Å². The molecule has 0 unspecified atom stereocenters. The molecule has 1 rings (SSSR count). The molecule has 21 heavy (non-hydrogen) atoms. The second-order valence-electron chi connectivity index (χ2n) is 4.99. The average molecular weight is 332 g/mol. The highest BCUT2D eigenvalue weighted by molar-refractivity contribution is 6.42. The first-order valence-electron chi connectivity index (χ1n) is 7.24. The number of ketones is 1. The second-order valence-corrected chi connectivity index (χ2v) is 5.80. The van der Waals surface area contributed by atoms with Crippen LogP contribution in [-0.2, 0) is 4.74 Å². The Morgan fingerprint density at radius 2 is 1.90 bits per heavy atom. The summed E-state index contributed by atoms with van der Waals surface area (Å²) in [6.07, 6.45) is 2.02. The third-order valence-electron chi connectivity index (χ3n) is 3.63. The van der Waals surface area contributed by atoms with Gasteiger partial charge in [0.2, 0.25) is 0 Å². The van der Waals surface area contributed by atoms with Crippen molar-refractivity contribution in [2.75, 3.05) is 26.8 Å². The van der Waals surface area contributed by atoms with E-state index in [9.17, 15) is 4.79 Å². The number of carbonyl (C=O) groups excluding carboxylic acids is 1. The van der Waals surface area contributed by atoms with Gasteiger partial charge in [0.25, 0.3) is 0 Å². The molecule has 0 fully saturated rings. The maximum atomic E-state index is 12.4. The van der Waals surface area contributed by atoms with Crippen LogP contribution in [0.4, 0.5) is 0 Å². The molecule has 5 heteroatoms. The first kappa shape index (κ1) is 18.4. The first-order chi connectivity index (χ1) is 10.0. The molecule has 0 heterocycles. The van der Waals surface area contributed by atoms with Gasteiger partial charge in [0.1, 0.15) is 0 Å². The molecule has 0 aromatic heterocycles. The molecule has 0 spiro atoms. The summed E-state index contributed by atoms with van der Waals surface area (Å²) in [5.74, 6) is 0.0524. The Balaban J connectivity index is 2.80. The van der Waals surface area contributed by atoms with E-state index in [0.717, 1.165) is 19.4 Å². The zero-order chi connectivity index (χ0) is 15.8. The fourth-order valence-electron chi connectivity index (χ4n) is 2.35. The van der Waals surface area contributed by atoms with Crippen LogP contribution >= 0.6 is 23.2 Å². The monoisotopic (exact) mass is 331 g/mol. The third kappa shape index (κ3) is 5.59. The van der Waals surface area contributed by atoms with Crippen LogP contribution in [0.1, 0.15) is 37.0 Å². The summed E-state index contributed by atoms with van der Waals surface area (Å²) in [7, 11) is 1.67. The third-order valence-corrected chi connectivity index (χ3v) is 4.37. The van der Waals surface area contributed by atoms with Crippen molar-refractivity contribution in [2.45, 2.75) is 32.7 Å². The Labute approximate surface area is 137 Å². The maximum absolute atomic E-state index is 12.4. The number of benzene rings is 1. The predicted molar refractivity (Wildman–Crippen MR) is 88.6 cm³/mol. The van der Waals surface area contributed by atoms with Crippen molar-refractivity contribution in [1.29, 1.82) is 0 Å². The van der Waals surface area contributed by atoms with Crippen LogP contribution < -0.4 is 0 Å². The smallest absolute Gasteiger partial charge is 0.176 e. The van der Waals surface area contributed by atoms with Gasteiger partial charge in [0.05, 0.1) is 23.2 Å². The number of hydrogen-bond donors (Lipinski definition) is 0. The molecule has 1 aromatic carbocycles. The molecule has 3 nitrogen and oxygen atoms in total. The molecule has 0 radical (unpaired) electrons. The molecule has 0 aliphatic carbocycles. The van der Waals surface area contributed by atoms with Gasteiger partial charge in [0.15, 0.2) is 5.78 Å². The lowest BCUT2D eigenvalue weighted by Gasteiger charge is -2.29. The zero-order valence-corrected chi connectivity index (χ0v) is 14.4. The molecule has 0 N–H and O–H groups in total. The van der Waals surface area contributed by atoms with Gasteiger partial charge in [-0.1, -0.05) is 37.0 Å². The van der Waals surface area contributed by atoms with E-state index in [1.807, 2.05) is 0 Å². The molecule has 0 atom stereocenters. The normalized spacial score (nSPS) is 11.4. The Bertz CT molecular complexity index is 462. The van der Waals surface area contributed by atoms with Gasteiger partial charge in [-0.05, 0) is 31.0 Å². The van der Waals surface area contributed by atoms with Crippen molar-refractivity contribution in [3.05, 3.63) is 33.8 Å². The fraction of sp³-hybridized carbons (Fsp3) is 0.562. The quantitative estimate of drug-likeness (QED) is 0.631. The lowest BCUT2D eigenvalue weighted by atomic mass is 10.1. The van der Waals surface area contributed by atoms with Crippen LogP contribution in [0.3, 0.4) is 0 Å². The van der Waals surface area contributed by atoms with E-state index in [-0.39, 0.29) is 5.78 Å². The molecule has 0 aliphatic heterocycles. The van der Waals surface area contributed by atoms with Crippen LogP contribution in [0.5, 0.6) is 0 Å². The maximum Gasteiger partial charge on any atom is 0.176 e. The first-order valence-corrected chi connectivity index (χ1v) is 8.00. The predicted octanol–water partition coefficient (Wildman–Crippen LogP) is 4.31. The zero-order valence-electron chi connectivity index (χ0n) is 12.9. The molecule has 1 aromatic rings. The summed E-state index contributed by atoms with van der Waals surface area (Å²) >= 11 is 11.9. The van der Waals surface area contributed by atoms with Crippen molar-refractivity contribution in [2.24, 2.45) is 0 Å². The number of nitrogens with zero attached hydrogens (tertiary/aromatic N) is 1. The van der Waals surface area contributed by atoms with E-state index >= 15 is 0 Å². The van der Waals surface area contributed by atoms with Crippen molar-refractivity contribution in [3.8, 4) is 0 Å². The van der Waals surface area contributed by atoms with Gasteiger partial charge >= 0.3 is 0 Å². The highest BCUT2D eigenvalue weighted by Gasteiger charge is 2.19. The summed E-state index contributed by atoms with van der Waals surface area (Å²) in [6, 6.07) is 5.39. The van der Waals surface area contributed by atoms with E-state index in [1.54, 1.807) is 25.3 Å². The Hall–Kier alpha value is -0.610. The minimum atomic E-state index is 0.0524. The molecular formula is C16H23Cl2NO2. The molecule has 0 amide bonds. The molecule has 118 valence electrons. The van der Waals surface area contributed by atoms with Gasteiger partial charge in [-0.15, -0.1) is 0 Å². The highest BCUT2D eigenvalue weighted by atomic mass is 35.5. The minimum Gasteiger partial charge on any atom is -0.383 e. The number of carbonyl (C=O) groups is 1. The fourth-order valence-corrected chi connectivity index (χ4v) is 2.65. The SMILES string of the molecule is CCC(CC)N(CCOC)CC(=O)c1ccc(Cl)c(Cl)c1. The van der Waals surface area contributed by atoms with Gasteiger partial charge in [0, 0.05) is 25.3 Å². The number of ether oxygens (including phenoxy) is 1. The summed E-state index contributed by atoms with van der Waals surface area (Å²) in [6.45, 7) is 6.00. The van der Waals surface area contributed by atoms with Gasteiger partial charge < -0.3 is 4.74 Å². The number of methoxy groups -OCH3 is 1. The van der Waals surface area contributed by atoms with Gasteiger partial charge in [-0.2, -0.15) is 0 Å². The van der Waals surface area contributed by atoms with Crippen molar-refractivity contribution in [1.82, 2.24) is 4.90 Å².